The maximum Gasteiger partial charge on any atom is 0.252 e. The summed E-state index contributed by atoms with van der Waals surface area (Å²) >= 11 is 0. The number of fused-ring (bicyclic) bond motifs is 1. The molecular weight excluding hydrogens is 428 g/mol. The van der Waals surface area contributed by atoms with Gasteiger partial charge in [0.25, 0.3) is 5.56 Å². The van der Waals surface area contributed by atoms with Crippen molar-refractivity contribution in [3.63, 3.8) is 0 Å². The van der Waals surface area contributed by atoms with Crippen molar-refractivity contribution >= 4 is 10.9 Å². The Bertz CT molecular complexity index is 1320. The van der Waals surface area contributed by atoms with Crippen LogP contribution in [-0.4, -0.2) is 49.3 Å². The summed E-state index contributed by atoms with van der Waals surface area (Å²) < 4.78 is 7.74. The molecule has 4 aromatic rings. The van der Waals surface area contributed by atoms with Gasteiger partial charge in [-0.3, -0.25) is 9.69 Å². The second-order valence-electron chi connectivity index (χ2n) is 9.21. The number of pyridine rings is 1. The predicted octanol–water partition coefficient (Wildman–Crippen LogP) is 3.36. The Hall–Kier alpha value is -3.36. The highest BCUT2D eigenvalue weighted by molar-refractivity contribution is 5.82. The quantitative estimate of drug-likeness (QED) is 0.436. The van der Waals surface area contributed by atoms with Gasteiger partial charge < -0.3 is 9.72 Å². The Morgan fingerprint density at radius 2 is 2.00 bits per heavy atom. The van der Waals surface area contributed by atoms with Crippen LogP contribution in [0.15, 0.2) is 53.3 Å². The summed E-state index contributed by atoms with van der Waals surface area (Å²) in [6, 6.07) is 16.4. The Labute approximate surface area is 198 Å². The third-order valence-electron chi connectivity index (χ3n) is 6.40. The molecule has 1 aliphatic rings. The average molecular weight is 459 g/mol. The first-order valence-electron chi connectivity index (χ1n) is 11.8. The van der Waals surface area contributed by atoms with Gasteiger partial charge in [-0.25, -0.2) is 4.68 Å². The summed E-state index contributed by atoms with van der Waals surface area (Å²) in [7, 11) is 0. The molecule has 0 saturated carbocycles. The van der Waals surface area contributed by atoms with Crippen LogP contribution < -0.4 is 5.56 Å². The lowest BCUT2D eigenvalue weighted by molar-refractivity contribution is 0.0663. The summed E-state index contributed by atoms with van der Waals surface area (Å²) in [5, 5.41) is 13.5. The Balaban J connectivity index is 1.42. The standard InChI is InChI=1S/C26H30N6O2/c1-18-11-19(2)25-21(12-18)13-22(26(33)27-25)15-31(16-23-9-6-10-34-23)17-24-28-29-30-32(24)14-20-7-4-3-5-8-20/h3-5,7-8,11-13,23H,6,9-10,14-17H2,1-2H3,(H,27,33)/t23-/m0/s1. The van der Waals surface area contributed by atoms with Gasteiger partial charge in [-0.1, -0.05) is 42.0 Å². The second kappa shape index (κ2) is 9.87. The van der Waals surface area contributed by atoms with Crippen LogP contribution in [0.4, 0.5) is 0 Å². The highest BCUT2D eigenvalue weighted by atomic mass is 16.5. The summed E-state index contributed by atoms with van der Waals surface area (Å²) in [6.07, 6.45) is 2.25. The summed E-state index contributed by atoms with van der Waals surface area (Å²) in [5.74, 6) is 0.769. The van der Waals surface area contributed by atoms with Crippen LogP contribution in [0.5, 0.6) is 0 Å². The minimum atomic E-state index is -0.0549. The molecule has 0 unspecified atom stereocenters. The highest BCUT2D eigenvalue weighted by Crippen LogP contribution is 2.20. The van der Waals surface area contributed by atoms with Crippen molar-refractivity contribution in [2.75, 3.05) is 13.2 Å². The van der Waals surface area contributed by atoms with Crippen LogP contribution in [0.1, 0.15) is 40.9 Å². The van der Waals surface area contributed by atoms with E-state index in [0.717, 1.165) is 59.4 Å². The van der Waals surface area contributed by atoms with Gasteiger partial charge in [-0.15, -0.1) is 5.10 Å². The van der Waals surface area contributed by atoms with Gasteiger partial charge in [-0.05, 0) is 65.8 Å². The number of hydrogen-bond acceptors (Lipinski definition) is 6. The van der Waals surface area contributed by atoms with Crippen LogP contribution in [-0.2, 0) is 24.4 Å². The number of aromatic nitrogens is 5. The van der Waals surface area contributed by atoms with E-state index in [2.05, 4.69) is 56.6 Å². The van der Waals surface area contributed by atoms with Crippen molar-refractivity contribution in [3.05, 3.63) is 87.0 Å². The lowest BCUT2D eigenvalue weighted by atomic mass is 10.0. The Kier molecular flexibility index (Phi) is 6.51. The van der Waals surface area contributed by atoms with Crippen molar-refractivity contribution in [1.82, 2.24) is 30.1 Å². The molecular formula is C26H30N6O2. The first kappa shape index (κ1) is 22.4. The van der Waals surface area contributed by atoms with E-state index in [-0.39, 0.29) is 11.7 Å². The topological polar surface area (TPSA) is 88.9 Å². The van der Waals surface area contributed by atoms with Gasteiger partial charge >= 0.3 is 0 Å². The van der Waals surface area contributed by atoms with Gasteiger partial charge in [0.1, 0.15) is 0 Å². The zero-order valence-electron chi connectivity index (χ0n) is 19.7. The SMILES string of the molecule is Cc1cc(C)c2[nH]c(=O)c(CN(Cc3nnnn3Cc3ccccc3)C[C@@H]3CCCO3)cc2c1. The number of H-pyrrole nitrogens is 1. The molecule has 1 fully saturated rings. The number of nitrogens with one attached hydrogen (secondary N) is 1. The molecule has 0 amide bonds. The van der Waals surface area contributed by atoms with Crippen molar-refractivity contribution in [1.29, 1.82) is 0 Å². The van der Waals surface area contributed by atoms with Gasteiger partial charge in [0.05, 0.1) is 24.7 Å². The van der Waals surface area contributed by atoms with Gasteiger partial charge in [0.15, 0.2) is 5.82 Å². The molecule has 8 heteroatoms. The molecule has 2 aromatic heterocycles. The number of ether oxygens (including phenoxy) is 1. The average Bonchev–Trinajstić information content (AvgIpc) is 3.48. The fourth-order valence-corrected chi connectivity index (χ4v) is 4.77. The number of tetrazole rings is 1. The molecule has 8 nitrogen and oxygen atoms in total. The van der Waals surface area contributed by atoms with E-state index < -0.39 is 0 Å². The lowest BCUT2D eigenvalue weighted by Gasteiger charge is -2.24. The number of benzene rings is 2. The molecule has 0 aliphatic carbocycles. The third kappa shape index (κ3) is 5.08. The predicted molar refractivity (Wildman–Crippen MR) is 130 cm³/mol. The number of hydrogen-bond donors (Lipinski definition) is 1. The summed E-state index contributed by atoms with van der Waals surface area (Å²) in [6.45, 7) is 7.25. The fraction of sp³-hybridized carbons (Fsp3) is 0.385. The van der Waals surface area contributed by atoms with Gasteiger partial charge in [0.2, 0.25) is 0 Å². The minimum absolute atomic E-state index is 0.0549. The maximum atomic E-state index is 13.0. The van der Waals surface area contributed by atoms with Crippen LogP contribution in [0.3, 0.4) is 0 Å². The maximum absolute atomic E-state index is 13.0. The van der Waals surface area contributed by atoms with E-state index in [4.69, 9.17) is 4.74 Å². The molecule has 1 atom stereocenters. The Morgan fingerprint density at radius 3 is 2.79 bits per heavy atom. The molecule has 3 heterocycles. The van der Waals surface area contributed by atoms with Crippen molar-refractivity contribution < 1.29 is 4.74 Å². The number of rotatable bonds is 8. The van der Waals surface area contributed by atoms with Gasteiger partial charge in [-0.2, -0.15) is 0 Å². The third-order valence-corrected chi connectivity index (χ3v) is 6.40. The first-order valence-corrected chi connectivity index (χ1v) is 11.8. The number of aryl methyl sites for hydroxylation is 2. The molecule has 1 aliphatic heterocycles. The largest absolute Gasteiger partial charge is 0.377 e. The molecule has 0 bridgehead atoms. The summed E-state index contributed by atoms with van der Waals surface area (Å²) in [4.78, 5) is 18.3. The molecule has 176 valence electrons. The zero-order chi connectivity index (χ0) is 23.5. The Morgan fingerprint density at radius 1 is 1.15 bits per heavy atom. The second-order valence-corrected chi connectivity index (χ2v) is 9.21. The van der Waals surface area contributed by atoms with E-state index in [1.165, 1.54) is 5.56 Å². The molecule has 5 rings (SSSR count). The van der Waals surface area contributed by atoms with Crippen molar-refractivity contribution in [2.24, 2.45) is 0 Å². The van der Waals surface area contributed by atoms with Crippen molar-refractivity contribution in [3.8, 4) is 0 Å². The van der Waals surface area contributed by atoms with E-state index in [9.17, 15) is 4.79 Å². The van der Waals surface area contributed by atoms with E-state index in [0.29, 0.717) is 19.6 Å². The minimum Gasteiger partial charge on any atom is -0.377 e. The number of nitrogens with zero attached hydrogens (tertiary/aromatic N) is 5. The lowest BCUT2D eigenvalue weighted by Crippen LogP contribution is -2.34. The van der Waals surface area contributed by atoms with Crippen molar-refractivity contribution in [2.45, 2.75) is 52.4 Å². The van der Waals surface area contributed by atoms with Gasteiger partial charge in [0, 0.05) is 25.3 Å². The molecule has 34 heavy (non-hydrogen) atoms. The monoisotopic (exact) mass is 458 g/mol. The highest BCUT2D eigenvalue weighted by Gasteiger charge is 2.22. The van der Waals surface area contributed by atoms with E-state index >= 15 is 0 Å². The first-order chi connectivity index (χ1) is 16.5. The normalized spacial score (nSPS) is 16.0. The van der Waals surface area contributed by atoms with E-state index in [1.807, 2.05) is 35.9 Å². The smallest absolute Gasteiger partial charge is 0.252 e. The molecule has 1 saturated heterocycles. The molecule has 0 radical (unpaired) electrons. The van der Waals surface area contributed by atoms with Crippen LogP contribution >= 0.6 is 0 Å². The molecule has 0 spiro atoms. The van der Waals surface area contributed by atoms with E-state index in [1.54, 1.807) is 0 Å². The van der Waals surface area contributed by atoms with Crippen LogP contribution in [0, 0.1) is 13.8 Å². The van der Waals surface area contributed by atoms with Crippen LogP contribution in [0.25, 0.3) is 10.9 Å². The van der Waals surface area contributed by atoms with Crippen LogP contribution in [0.2, 0.25) is 0 Å². The molecule has 2 aromatic carbocycles. The fourth-order valence-electron chi connectivity index (χ4n) is 4.77. The number of aromatic amines is 1. The summed E-state index contributed by atoms with van der Waals surface area (Å²) in [5.41, 5.74) is 4.97. The molecule has 1 N–H and O–H groups in total. The zero-order valence-corrected chi connectivity index (χ0v) is 19.7.